The van der Waals surface area contributed by atoms with Gasteiger partial charge in [0.05, 0.1) is 0 Å². The zero-order valence-corrected chi connectivity index (χ0v) is 19.6. The van der Waals surface area contributed by atoms with E-state index in [1.807, 2.05) is 55.6 Å². The smallest absolute Gasteiger partial charge is 0.251 e. The average Bonchev–Trinajstić information content (AvgIpc) is 2.68. The zero-order valence-electron chi connectivity index (χ0n) is 16.5. The summed E-state index contributed by atoms with van der Waals surface area (Å²) in [5, 5.41) is 6.71. The van der Waals surface area contributed by atoms with Crippen molar-refractivity contribution >= 4 is 47.4 Å². The Morgan fingerprint density at radius 3 is 2.50 bits per heavy atom. The van der Waals surface area contributed by atoms with Gasteiger partial charge in [-0.2, -0.15) is 0 Å². The fourth-order valence-electron chi connectivity index (χ4n) is 2.71. The quantitative estimate of drug-likeness (QED) is 0.334. The van der Waals surface area contributed by atoms with Gasteiger partial charge in [-0.25, -0.2) is 0 Å². The molecule has 7 heteroatoms. The Bertz CT molecular complexity index is 780. The number of aliphatic imine (C=N–C) groups is 1. The highest BCUT2D eigenvalue weighted by Gasteiger charge is 2.07. The van der Waals surface area contributed by atoms with E-state index < -0.39 is 0 Å². The molecule has 0 aliphatic carbocycles. The number of carbonyl (C=O) groups excluding carboxylic acids is 1. The first-order valence-electron chi connectivity index (χ1n) is 9.08. The summed E-state index contributed by atoms with van der Waals surface area (Å²) in [4.78, 5) is 18.6. The molecule has 0 spiro atoms. The molecule has 2 rings (SSSR count). The SMILES string of the molecule is CCNC(=NCCc1cccc(C(=O)NC)c1)N(C)Cc1ccc(Cl)cc1.I. The molecule has 2 aromatic rings. The van der Waals surface area contributed by atoms with E-state index in [9.17, 15) is 4.79 Å². The van der Waals surface area contributed by atoms with Crippen LogP contribution < -0.4 is 10.6 Å². The Balaban J connectivity index is 0.00000392. The fraction of sp³-hybridized carbons (Fsp3) is 0.333. The minimum Gasteiger partial charge on any atom is -0.357 e. The van der Waals surface area contributed by atoms with E-state index in [1.54, 1.807) is 7.05 Å². The maximum absolute atomic E-state index is 11.8. The zero-order chi connectivity index (χ0) is 19.6. The van der Waals surface area contributed by atoms with Crippen molar-refractivity contribution in [3.8, 4) is 0 Å². The lowest BCUT2D eigenvalue weighted by Crippen LogP contribution is -2.38. The third kappa shape index (κ3) is 7.67. The maximum Gasteiger partial charge on any atom is 0.251 e. The highest BCUT2D eigenvalue weighted by atomic mass is 127. The number of halogens is 2. The summed E-state index contributed by atoms with van der Waals surface area (Å²) < 4.78 is 0. The summed E-state index contributed by atoms with van der Waals surface area (Å²) in [6, 6.07) is 15.5. The second kappa shape index (κ2) is 12.6. The Labute approximate surface area is 189 Å². The molecular weight excluding hydrogens is 487 g/mol. The maximum atomic E-state index is 11.8. The van der Waals surface area contributed by atoms with Gasteiger partial charge in [0.1, 0.15) is 0 Å². The Hall–Kier alpha value is -1.80. The molecular formula is C21H28ClIN4O. The molecule has 152 valence electrons. The second-order valence-electron chi connectivity index (χ2n) is 6.25. The molecule has 1 amide bonds. The van der Waals surface area contributed by atoms with Crippen molar-refractivity contribution in [1.82, 2.24) is 15.5 Å². The van der Waals surface area contributed by atoms with Crippen molar-refractivity contribution in [3.63, 3.8) is 0 Å². The number of guanidine groups is 1. The Morgan fingerprint density at radius 1 is 1.14 bits per heavy atom. The summed E-state index contributed by atoms with van der Waals surface area (Å²) >= 11 is 5.95. The first kappa shape index (κ1) is 24.2. The number of nitrogens with zero attached hydrogens (tertiary/aromatic N) is 2. The molecule has 0 aromatic heterocycles. The number of hydrogen-bond acceptors (Lipinski definition) is 2. The molecule has 0 heterocycles. The van der Waals surface area contributed by atoms with Crippen LogP contribution in [0, 0.1) is 0 Å². The monoisotopic (exact) mass is 514 g/mol. The first-order valence-corrected chi connectivity index (χ1v) is 9.46. The van der Waals surface area contributed by atoms with Gasteiger partial charge in [0.2, 0.25) is 0 Å². The molecule has 0 saturated heterocycles. The van der Waals surface area contributed by atoms with Crippen molar-refractivity contribution in [3.05, 3.63) is 70.2 Å². The minimum absolute atomic E-state index is 0. The van der Waals surface area contributed by atoms with Crippen molar-refractivity contribution in [1.29, 1.82) is 0 Å². The predicted octanol–water partition coefficient (Wildman–Crippen LogP) is 3.96. The van der Waals surface area contributed by atoms with E-state index >= 15 is 0 Å². The number of amides is 1. The number of rotatable bonds is 7. The van der Waals surface area contributed by atoms with Crippen LogP contribution >= 0.6 is 35.6 Å². The third-order valence-corrected chi connectivity index (χ3v) is 4.36. The summed E-state index contributed by atoms with van der Waals surface area (Å²) in [6.07, 6.45) is 0.772. The summed E-state index contributed by atoms with van der Waals surface area (Å²) in [5.41, 5.74) is 2.94. The van der Waals surface area contributed by atoms with E-state index in [1.165, 1.54) is 5.56 Å². The third-order valence-electron chi connectivity index (χ3n) is 4.11. The molecule has 0 saturated carbocycles. The molecule has 0 fully saturated rings. The molecule has 0 unspecified atom stereocenters. The molecule has 0 atom stereocenters. The number of benzene rings is 2. The standard InChI is InChI=1S/C21H27ClN4O.HI/c1-4-24-21(26(3)15-17-8-10-19(22)11-9-17)25-13-12-16-6-5-7-18(14-16)20(27)23-2;/h5-11,14H,4,12-13,15H2,1-3H3,(H,23,27)(H,24,25);1H. The van der Waals surface area contributed by atoms with Crippen LogP contribution in [-0.2, 0) is 13.0 Å². The molecule has 28 heavy (non-hydrogen) atoms. The van der Waals surface area contributed by atoms with Crippen LogP contribution in [0.3, 0.4) is 0 Å². The van der Waals surface area contributed by atoms with Crippen LogP contribution in [0.25, 0.3) is 0 Å². The van der Waals surface area contributed by atoms with Gasteiger partial charge in [0.25, 0.3) is 5.91 Å². The van der Waals surface area contributed by atoms with E-state index in [-0.39, 0.29) is 29.9 Å². The van der Waals surface area contributed by atoms with Crippen LogP contribution in [0.15, 0.2) is 53.5 Å². The largest absolute Gasteiger partial charge is 0.357 e. The van der Waals surface area contributed by atoms with Crippen LogP contribution in [0.4, 0.5) is 0 Å². The van der Waals surface area contributed by atoms with Gasteiger partial charge in [-0.3, -0.25) is 9.79 Å². The van der Waals surface area contributed by atoms with Gasteiger partial charge in [-0.05, 0) is 48.7 Å². The van der Waals surface area contributed by atoms with Gasteiger partial charge in [0, 0.05) is 44.3 Å². The minimum atomic E-state index is -0.0728. The first-order chi connectivity index (χ1) is 13.0. The topological polar surface area (TPSA) is 56.7 Å². The summed E-state index contributed by atoms with van der Waals surface area (Å²) in [6.45, 7) is 4.24. The van der Waals surface area contributed by atoms with Gasteiger partial charge in [-0.1, -0.05) is 35.9 Å². The summed E-state index contributed by atoms with van der Waals surface area (Å²) in [7, 11) is 3.65. The molecule has 2 aromatic carbocycles. The van der Waals surface area contributed by atoms with E-state index in [2.05, 4.69) is 22.5 Å². The van der Waals surface area contributed by atoms with Gasteiger partial charge < -0.3 is 15.5 Å². The number of nitrogens with one attached hydrogen (secondary N) is 2. The second-order valence-corrected chi connectivity index (χ2v) is 6.68. The average molecular weight is 515 g/mol. The van der Waals surface area contributed by atoms with Gasteiger partial charge >= 0.3 is 0 Å². The fourth-order valence-corrected chi connectivity index (χ4v) is 2.84. The van der Waals surface area contributed by atoms with E-state index in [4.69, 9.17) is 16.6 Å². The molecule has 0 aliphatic heterocycles. The van der Waals surface area contributed by atoms with Gasteiger partial charge in [0.15, 0.2) is 5.96 Å². The highest BCUT2D eigenvalue weighted by molar-refractivity contribution is 14.0. The predicted molar refractivity (Wildman–Crippen MR) is 128 cm³/mol. The van der Waals surface area contributed by atoms with Crippen LogP contribution in [-0.4, -0.2) is 44.0 Å². The van der Waals surface area contributed by atoms with E-state index in [0.717, 1.165) is 36.1 Å². The van der Waals surface area contributed by atoms with Crippen molar-refractivity contribution in [2.75, 3.05) is 27.2 Å². The molecule has 0 radical (unpaired) electrons. The van der Waals surface area contributed by atoms with Crippen LogP contribution in [0.1, 0.15) is 28.4 Å². The van der Waals surface area contributed by atoms with Gasteiger partial charge in [-0.15, -0.1) is 24.0 Å². The van der Waals surface area contributed by atoms with Crippen molar-refractivity contribution in [2.24, 2.45) is 4.99 Å². The molecule has 0 aliphatic rings. The highest BCUT2D eigenvalue weighted by Crippen LogP contribution is 2.11. The van der Waals surface area contributed by atoms with Crippen molar-refractivity contribution in [2.45, 2.75) is 19.9 Å². The summed E-state index contributed by atoms with van der Waals surface area (Å²) in [5.74, 6) is 0.784. The molecule has 0 bridgehead atoms. The lowest BCUT2D eigenvalue weighted by Gasteiger charge is -2.22. The number of carbonyl (C=O) groups is 1. The van der Waals surface area contributed by atoms with Crippen molar-refractivity contribution < 1.29 is 4.79 Å². The Morgan fingerprint density at radius 2 is 1.86 bits per heavy atom. The molecule has 5 nitrogen and oxygen atoms in total. The van der Waals surface area contributed by atoms with E-state index in [0.29, 0.717) is 12.1 Å². The Kier molecular flexibility index (Phi) is 10.9. The van der Waals surface area contributed by atoms with Crippen LogP contribution in [0.2, 0.25) is 5.02 Å². The normalized spacial score (nSPS) is 10.8. The lowest BCUT2D eigenvalue weighted by molar-refractivity contribution is 0.0963. The molecule has 2 N–H and O–H groups in total. The lowest BCUT2D eigenvalue weighted by atomic mass is 10.1. The van der Waals surface area contributed by atoms with Crippen LogP contribution in [0.5, 0.6) is 0 Å². The number of hydrogen-bond donors (Lipinski definition) is 2.